The first-order valence-corrected chi connectivity index (χ1v) is 6.89. The number of amides is 1. The molecule has 0 heterocycles. The molecule has 0 unspecified atom stereocenters. The van der Waals surface area contributed by atoms with Crippen LogP contribution in [0.5, 0.6) is 5.75 Å². The molecular weight excluding hydrogens is 280 g/mol. The number of ether oxygens (including phenoxy) is 1. The van der Waals surface area contributed by atoms with E-state index in [-0.39, 0.29) is 5.84 Å². The summed E-state index contributed by atoms with van der Waals surface area (Å²) in [5.41, 5.74) is 3.26. The van der Waals surface area contributed by atoms with E-state index in [1.807, 2.05) is 38.1 Å². The first-order chi connectivity index (χ1) is 10.6. The molecule has 22 heavy (non-hydrogen) atoms. The Balaban J connectivity index is 1.97. The van der Waals surface area contributed by atoms with Crippen LogP contribution in [0.2, 0.25) is 0 Å². The number of carbonyl (C=O) groups is 1. The van der Waals surface area contributed by atoms with Crippen LogP contribution in [0.4, 0.5) is 4.79 Å². The molecule has 0 radical (unpaired) electrons. The first kappa shape index (κ1) is 15.6. The Kier molecular flexibility index (Phi) is 5.14. The van der Waals surface area contributed by atoms with E-state index in [0.717, 1.165) is 11.1 Å². The number of hydrogen-bond donors (Lipinski definition) is 2. The van der Waals surface area contributed by atoms with Crippen molar-refractivity contribution in [1.82, 2.24) is 5.32 Å². The number of benzene rings is 2. The molecule has 0 saturated carbocycles. The van der Waals surface area contributed by atoms with E-state index in [4.69, 9.17) is 9.94 Å². The van der Waals surface area contributed by atoms with Crippen molar-refractivity contribution in [2.45, 2.75) is 20.3 Å². The molecule has 0 bridgehead atoms. The highest BCUT2D eigenvalue weighted by atomic mass is 16.6. The Morgan fingerprint density at radius 2 is 1.86 bits per heavy atom. The molecule has 0 aliphatic rings. The van der Waals surface area contributed by atoms with Gasteiger partial charge in [-0.3, -0.25) is 5.32 Å². The number of hydrogen-bond acceptors (Lipinski definition) is 4. The summed E-state index contributed by atoms with van der Waals surface area (Å²) in [6.45, 7) is 4.03. The van der Waals surface area contributed by atoms with Crippen molar-refractivity contribution in [3.05, 3.63) is 65.2 Å². The fourth-order valence-corrected chi connectivity index (χ4v) is 1.95. The Morgan fingerprint density at radius 1 is 1.14 bits per heavy atom. The van der Waals surface area contributed by atoms with Gasteiger partial charge >= 0.3 is 6.09 Å². The van der Waals surface area contributed by atoms with Gasteiger partial charge in [0.1, 0.15) is 5.75 Å². The van der Waals surface area contributed by atoms with Crippen LogP contribution in [0, 0.1) is 13.8 Å². The van der Waals surface area contributed by atoms with Gasteiger partial charge in [0.2, 0.25) is 0 Å². The monoisotopic (exact) mass is 298 g/mol. The SMILES string of the molecule is Cc1ccc(C/C(=N/O)NC(=O)Oc2ccccc2)cc1C. The lowest BCUT2D eigenvalue weighted by atomic mass is 10.0. The number of aryl methyl sites for hydroxylation is 2. The quantitative estimate of drug-likeness (QED) is 0.395. The molecule has 0 atom stereocenters. The van der Waals surface area contributed by atoms with Gasteiger partial charge in [-0.1, -0.05) is 41.6 Å². The van der Waals surface area contributed by atoms with Gasteiger partial charge in [0.25, 0.3) is 0 Å². The van der Waals surface area contributed by atoms with Crippen LogP contribution in [0.15, 0.2) is 53.7 Å². The van der Waals surface area contributed by atoms with E-state index >= 15 is 0 Å². The zero-order valence-electron chi connectivity index (χ0n) is 12.5. The van der Waals surface area contributed by atoms with Crippen molar-refractivity contribution in [2.24, 2.45) is 5.16 Å². The molecule has 0 aliphatic heterocycles. The third kappa shape index (κ3) is 4.34. The Hall–Kier alpha value is -2.82. The number of oxime groups is 1. The molecule has 0 aliphatic carbocycles. The van der Waals surface area contributed by atoms with Crippen molar-refractivity contribution >= 4 is 11.9 Å². The molecule has 1 amide bonds. The van der Waals surface area contributed by atoms with Crippen molar-refractivity contribution in [1.29, 1.82) is 0 Å². The predicted octanol–water partition coefficient (Wildman–Crippen LogP) is 3.42. The maximum Gasteiger partial charge on any atom is 0.418 e. The van der Waals surface area contributed by atoms with Crippen LogP contribution in [-0.2, 0) is 6.42 Å². The summed E-state index contributed by atoms with van der Waals surface area (Å²) in [6, 6.07) is 14.6. The summed E-state index contributed by atoms with van der Waals surface area (Å²) in [6.07, 6.45) is -0.385. The smallest absolute Gasteiger partial charge is 0.410 e. The second-order valence-corrected chi connectivity index (χ2v) is 4.97. The average Bonchev–Trinajstić information content (AvgIpc) is 2.51. The normalized spacial score (nSPS) is 11.1. The van der Waals surface area contributed by atoms with Crippen LogP contribution in [-0.4, -0.2) is 17.1 Å². The molecule has 5 heteroatoms. The molecule has 2 N–H and O–H groups in total. The Bertz CT molecular complexity index is 682. The summed E-state index contributed by atoms with van der Waals surface area (Å²) in [5, 5.41) is 14.6. The minimum atomic E-state index is -0.692. The zero-order chi connectivity index (χ0) is 15.9. The van der Waals surface area contributed by atoms with E-state index in [9.17, 15) is 4.79 Å². The second-order valence-electron chi connectivity index (χ2n) is 4.97. The minimum Gasteiger partial charge on any atom is -0.410 e. The molecule has 0 aromatic heterocycles. The van der Waals surface area contributed by atoms with Crippen molar-refractivity contribution in [3.63, 3.8) is 0 Å². The maximum absolute atomic E-state index is 11.8. The van der Waals surface area contributed by atoms with Crippen LogP contribution < -0.4 is 10.1 Å². The average molecular weight is 298 g/mol. The summed E-state index contributed by atoms with van der Waals surface area (Å²) in [5.74, 6) is 0.549. The van der Waals surface area contributed by atoms with Gasteiger partial charge in [0.05, 0.1) is 0 Å². The molecule has 0 saturated heterocycles. The van der Waals surface area contributed by atoms with Crippen molar-refractivity contribution < 1.29 is 14.7 Å². The Morgan fingerprint density at radius 3 is 2.50 bits per heavy atom. The molecule has 2 rings (SSSR count). The Labute approximate surface area is 129 Å². The minimum absolute atomic E-state index is 0.129. The molecule has 2 aromatic carbocycles. The largest absolute Gasteiger partial charge is 0.418 e. The van der Waals surface area contributed by atoms with Gasteiger partial charge in [-0.2, -0.15) is 0 Å². The second kappa shape index (κ2) is 7.26. The third-order valence-corrected chi connectivity index (χ3v) is 3.26. The third-order valence-electron chi connectivity index (χ3n) is 3.26. The van der Waals surface area contributed by atoms with Crippen LogP contribution >= 0.6 is 0 Å². The molecule has 114 valence electrons. The lowest BCUT2D eigenvalue weighted by molar-refractivity contribution is 0.205. The molecule has 0 spiro atoms. The number of nitrogens with zero attached hydrogens (tertiary/aromatic N) is 1. The van der Waals surface area contributed by atoms with E-state index < -0.39 is 6.09 Å². The maximum atomic E-state index is 11.8. The number of amidine groups is 1. The molecule has 0 fully saturated rings. The van der Waals surface area contributed by atoms with E-state index in [1.54, 1.807) is 24.3 Å². The predicted molar refractivity (Wildman–Crippen MR) is 84.4 cm³/mol. The van der Waals surface area contributed by atoms with Gasteiger partial charge in [0, 0.05) is 6.42 Å². The van der Waals surface area contributed by atoms with Crippen molar-refractivity contribution in [2.75, 3.05) is 0 Å². The summed E-state index contributed by atoms with van der Waals surface area (Å²) in [4.78, 5) is 11.8. The highest BCUT2D eigenvalue weighted by Gasteiger charge is 2.10. The van der Waals surface area contributed by atoms with Crippen LogP contribution in [0.1, 0.15) is 16.7 Å². The number of rotatable bonds is 3. The zero-order valence-corrected chi connectivity index (χ0v) is 12.5. The highest BCUT2D eigenvalue weighted by molar-refractivity contribution is 5.96. The first-order valence-electron chi connectivity index (χ1n) is 6.89. The standard InChI is InChI=1S/C17H18N2O3/c1-12-8-9-14(10-13(12)2)11-16(19-21)18-17(20)22-15-6-4-3-5-7-15/h3-10,21H,11H2,1-2H3,(H,18,19,20). The fourth-order valence-electron chi connectivity index (χ4n) is 1.95. The van der Waals surface area contributed by atoms with Gasteiger partial charge in [-0.25, -0.2) is 4.79 Å². The van der Waals surface area contributed by atoms with E-state index in [1.165, 1.54) is 5.56 Å². The fraction of sp³-hybridized carbons (Fsp3) is 0.176. The number of carbonyl (C=O) groups excluding carboxylic acids is 1. The van der Waals surface area contributed by atoms with Crippen molar-refractivity contribution in [3.8, 4) is 5.75 Å². The highest BCUT2D eigenvalue weighted by Crippen LogP contribution is 2.11. The summed E-state index contributed by atoms with van der Waals surface area (Å²) >= 11 is 0. The van der Waals surface area contributed by atoms with Gasteiger partial charge in [-0.05, 0) is 42.7 Å². The van der Waals surface area contributed by atoms with Gasteiger partial charge < -0.3 is 9.94 Å². The topological polar surface area (TPSA) is 70.9 Å². The lowest BCUT2D eigenvalue weighted by Crippen LogP contribution is -2.34. The van der Waals surface area contributed by atoms with Gasteiger partial charge in [-0.15, -0.1) is 0 Å². The molecule has 2 aromatic rings. The van der Waals surface area contributed by atoms with Crippen LogP contribution in [0.25, 0.3) is 0 Å². The van der Waals surface area contributed by atoms with E-state index in [2.05, 4.69) is 10.5 Å². The summed E-state index contributed by atoms with van der Waals surface area (Å²) < 4.78 is 5.09. The van der Waals surface area contributed by atoms with Crippen LogP contribution in [0.3, 0.4) is 0 Å². The lowest BCUT2D eigenvalue weighted by Gasteiger charge is -2.09. The summed E-state index contributed by atoms with van der Waals surface area (Å²) in [7, 11) is 0. The molecule has 5 nitrogen and oxygen atoms in total. The van der Waals surface area contributed by atoms with Gasteiger partial charge in [0.15, 0.2) is 5.84 Å². The number of nitrogens with one attached hydrogen (secondary N) is 1. The van der Waals surface area contributed by atoms with E-state index in [0.29, 0.717) is 12.2 Å². The number of para-hydroxylation sites is 1. The molecular formula is C17H18N2O3.